The van der Waals surface area contributed by atoms with Gasteiger partial charge in [0.05, 0.1) is 11.6 Å². The van der Waals surface area contributed by atoms with Crippen LogP contribution >= 0.6 is 34.5 Å². The molecule has 0 amide bonds. The number of fused-ring (bicyclic) bond motifs is 1. The molecule has 0 fully saturated rings. The van der Waals surface area contributed by atoms with Crippen LogP contribution in [0.1, 0.15) is 20.8 Å². The molecular formula is C19H14Cl2N2O3S. The summed E-state index contributed by atoms with van der Waals surface area (Å²) >= 11 is 13.5. The molecule has 4 rings (SSSR count). The SMILES string of the molecule is O=C(c1ccccc1Cl)c1cc2c(cc1NCc1cnc(Cl)s1)OCCO2. The van der Waals surface area contributed by atoms with Crippen molar-refractivity contribution in [3.05, 3.63) is 68.1 Å². The molecule has 0 saturated carbocycles. The van der Waals surface area contributed by atoms with Gasteiger partial charge < -0.3 is 14.8 Å². The largest absolute Gasteiger partial charge is 0.486 e. The summed E-state index contributed by atoms with van der Waals surface area (Å²) in [6.45, 7) is 1.39. The molecule has 1 N–H and O–H groups in total. The van der Waals surface area contributed by atoms with E-state index in [1.807, 2.05) is 0 Å². The molecule has 0 bridgehead atoms. The number of aromatic nitrogens is 1. The number of anilines is 1. The molecular weight excluding hydrogens is 407 g/mol. The highest BCUT2D eigenvalue weighted by molar-refractivity contribution is 7.15. The van der Waals surface area contributed by atoms with Crippen LogP contribution in [-0.2, 0) is 6.54 Å². The van der Waals surface area contributed by atoms with Gasteiger partial charge in [-0.1, -0.05) is 35.3 Å². The summed E-state index contributed by atoms with van der Waals surface area (Å²) in [4.78, 5) is 18.1. The number of nitrogens with one attached hydrogen (secondary N) is 1. The average Bonchev–Trinajstić information content (AvgIpc) is 3.10. The van der Waals surface area contributed by atoms with Crippen molar-refractivity contribution in [3.63, 3.8) is 0 Å². The van der Waals surface area contributed by atoms with E-state index in [-0.39, 0.29) is 5.78 Å². The predicted molar refractivity (Wildman–Crippen MR) is 107 cm³/mol. The molecule has 0 aliphatic carbocycles. The van der Waals surface area contributed by atoms with Gasteiger partial charge in [0, 0.05) is 34.0 Å². The zero-order valence-corrected chi connectivity index (χ0v) is 16.3. The second kappa shape index (κ2) is 7.76. The van der Waals surface area contributed by atoms with Gasteiger partial charge in [-0.3, -0.25) is 4.79 Å². The van der Waals surface area contributed by atoms with Crippen molar-refractivity contribution in [2.75, 3.05) is 18.5 Å². The molecule has 1 aliphatic heterocycles. The Morgan fingerprint density at radius 2 is 1.85 bits per heavy atom. The van der Waals surface area contributed by atoms with Crippen LogP contribution in [0.25, 0.3) is 0 Å². The molecule has 0 radical (unpaired) electrons. The summed E-state index contributed by atoms with van der Waals surface area (Å²) < 4.78 is 11.8. The third kappa shape index (κ3) is 3.88. The predicted octanol–water partition coefficient (Wildman–Crippen LogP) is 5.06. The van der Waals surface area contributed by atoms with Crippen LogP contribution in [0, 0.1) is 0 Å². The van der Waals surface area contributed by atoms with Crippen LogP contribution in [0.3, 0.4) is 0 Å². The first kappa shape index (κ1) is 18.1. The Bertz CT molecular complexity index is 1010. The first-order valence-electron chi connectivity index (χ1n) is 8.19. The van der Waals surface area contributed by atoms with E-state index in [0.29, 0.717) is 57.6 Å². The number of rotatable bonds is 5. The van der Waals surface area contributed by atoms with E-state index in [2.05, 4.69) is 10.3 Å². The molecule has 138 valence electrons. The summed E-state index contributed by atoms with van der Waals surface area (Å²) in [5.41, 5.74) is 1.52. The Balaban J connectivity index is 1.71. The Kier molecular flexibility index (Phi) is 5.20. The number of thiazole rings is 1. The number of nitrogens with zero attached hydrogens (tertiary/aromatic N) is 1. The van der Waals surface area contributed by atoms with Gasteiger partial charge in [0.2, 0.25) is 0 Å². The van der Waals surface area contributed by atoms with Gasteiger partial charge in [0.15, 0.2) is 21.7 Å². The highest BCUT2D eigenvalue weighted by Gasteiger charge is 2.22. The van der Waals surface area contributed by atoms with Crippen molar-refractivity contribution in [1.29, 1.82) is 0 Å². The first-order valence-corrected chi connectivity index (χ1v) is 9.76. The third-order valence-electron chi connectivity index (χ3n) is 4.02. The quantitative estimate of drug-likeness (QED) is 0.584. The highest BCUT2D eigenvalue weighted by atomic mass is 35.5. The number of ether oxygens (including phenoxy) is 2. The van der Waals surface area contributed by atoms with Crippen molar-refractivity contribution >= 4 is 46.0 Å². The molecule has 1 aromatic heterocycles. The van der Waals surface area contributed by atoms with Crippen molar-refractivity contribution in [1.82, 2.24) is 4.98 Å². The second-order valence-corrected chi connectivity index (χ2v) is 7.89. The topological polar surface area (TPSA) is 60.5 Å². The van der Waals surface area contributed by atoms with Crippen molar-refractivity contribution in [2.24, 2.45) is 0 Å². The van der Waals surface area contributed by atoms with Gasteiger partial charge in [-0.15, -0.1) is 11.3 Å². The Labute approximate surface area is 169 Å². The molecule has 0 unspecified atom stereocenters. The maximum absolute atomic E-state index is 13.1. The van der Waals surface area contributed by atoms with Gasteiger partial charge in [0.1, 0.15) is 13.2 Å². The molecule has 3 aromatic rings. The summed E-state index contributed by atoms with van der Waals surface area (Å²) in [6, 6.07) is 10.4. The smallest absolute Gasteiger partial charge is 0.196 e. The van der Waals surface area contributed by atoms with E-state index >= 15 is 0 Å². The van der Waals surface area contributed by atoms with Crippen LogP contribution in [0.4, 0.5) is 5.69 Å². The van der Waals surface area contributed by atoms with Gasteiger partial charge in [-0.25, -0.2) is 4.98 Å². The molecule has 0 atom stereocenters. The van der Waals surface area contributed by atoms with Crippen LogP contribution in [-0.4, -0.2) is 24.0 Å². The Hall–Kier alpha value is -2.28. The molecule has 1 aliphatic rings. The first-order chi connectivity index (χ1) is 13.1. The summed E-state index contributed by atoms with van der Waals surface area (Å²) in [7, 11) is 0. The molecule has 2 heterocycles. The van der Waals surface area contributed by atoms with Crippen molar-refractivity contribution in [3.8, 4) is 11.5 Å². The normalized spacial score (nSPS) is 12.7. The molecule has 27 heavy (non-hydrogen) atoms. The fourth-order valence-electron chi connectivity index (χ4n) is 2.76. The lowest BCUT2D eigenvalue weighted by Gasteiger charge is -2.21. The lowest BCUT2D eigenvalue weighted by Crippen LogP contribution is -2.17. The number of hydrogen-bond acceptors (Lipinski definition) is 6. The number of ketones is 1. The third-order valence-corrected chi connectivity index (χ3v) is 5.47. The fraction of sp³-hybridized carbons (Fsp3) is 0.158. The summed E-state index contributed by atoms with van der Waals surface area (Å²) in [5, 5.41) is 3.68. The monoisotopic (exact) mass is 420 g/mol. The molecule has 0 saturated heterocycles. The highest BCUT2D eigenvalue weighted by Crippen LogP contribution is 2.37. The maximum atomic E-state index is 13.1. The molecule has 8 heteroatoms. The van der Waals surface area contributed by atoms with E-state index < -0.39 is 0 Å². The number of hydrogen-bond donors (Lipinski definition) is 1. The second-order valence-electron chi connectivity index (χ2n) is 5.78. The fourth-order valence-corrected chi connectivity index (χ4v) is 3.90. The van der Waals surface area contributed by atoms with E-state index in [9.17, 15) is 4.79 Å². The number of benzene rings is 2. The van der Waals surface area contributed by atoms with E-state index in [4.69, 9.17) is 32.7 Å². The standard InChI is InChI=1S/C19H14Cl2N2O3S/c20-14-4-2-1-3-12(14)18(24)13-7-16-17(26-6-5-25-16)8-15(13)22-9-11-10-23-19(21)27-11/h1-4,7-8,10,22H,5-6,9H2. The minimum absolute atomic E-state index is 0.192. The Morgan fingerprint density at radius 1 is 1.11 bits per heavy atom. The lowest BCUT2D eigenvalue weighted by molar-refractivity contribution is 0.103. The van der Waals surface area contributed by atoms with Gasteiger partial charge in [0.25, 0.3) is 0 Å². The average molecular weight is 421 g/mol. The lowest BCUT2D eigenvalue weighted by atomic mass is 10.0. The van der Waals surface area contributed by atoms with E-state index in [1.54, 1.807) is 42.6 Å². The van der Waals surface area contributed by atoms with Crippen LogP contribution in [0.15, 0.2) is 42.6 Å². The number of carbonyl (C=O) groups is 1. The summed E-state index contributed by atoms with van der Waals surface area (Å²) in [6.07, 6.45) is 1.70. The minimum Gasteiger partial charge on any atom is -0.486 e. The number of halogens is 2. The summed E-state index contributed by atoms with van der Waals surface area (Å²) in [5.74, 6) is 0.951. The van der Waals surface area contributed by atoms with Crippen LogP contribution in [0.5, 0.6) is 11.5 Å². The van der Waals surface area contributed by atoms with Crippen molar-refractivity contribution < 1.29 is 14.3 Å². The van der Waals surface area contributed by atoms with Crippen molar-refractivity contribution in [2.45, 2.75) is 6.54 Å². The van der Waals surface area contributed by atoms with Crippen LogP contribution < -0.4 is 14.8 Å². The zero-order chi connectivity index (χ0) is 18.8. The Morgan fingerprint density at radius 3 is 2.56 bits per heavy atom. The zero-order valence-electron chi connectivity index (χ0n) is 14.0. The molecule has 2 aromatic carbocycles. The molecule has 0 spiro atoms. The van der Waals surface area contributed by atoms with E-state index in [1.165, 1.54) is 11.3 Å². The minimum atomic E-state index is -0.192. The number of carbonyl (C=O) groups excluding carboxylic acids is 1. The maximum Gasteiger partial charge on any atom is 0.196 e. The van der Waals surface area contributed by atoms with Gasteiger partial charge >= 0.3 is 0 Å². The van der Waals surface area contributed by atoms with Gasteiger partial charge in [-0.2, -0.15) is 0 Å². The van der Waals surface area contributed by atoms with Gasteiger partial charge in [-0.05, 0) is 18.2 Å². The van der Waals surface area contributed by atoms with E-state index in [0.717, 1.165) is 4.88 Å². The molecule has 5 nitrogen and oxygen atoms in total. The van der Waals surface area contributed by atoms with Crippen LogP contribution in [0.2, 0.25) is 9.49 Å².